The summed E-state index contributed by atoms with van der Waals surface area (Å²) < 4.78 is 9.43. The number of nitrogens with one attached hydrogen (secondary N) is 1. The first-order chi connectivity index (χ1) is 9.74. The summed E-state index contributed by atoms with van der Waals surface area (Å²) in [6.45, 7) is 2.11. The van der Waals surface area contributed by atoms with Crippen molar-refractivity contribution in [2.45, 2.75) is 13.5 Å². The molecule has 1 N–H and O–H groups in total. The molecule has 3 heterocycles. The number of aromatic nitrogens is 2. The van der Waals surface area contributed by atoms with E-state index in [9.17, 15) is 4.79 Å². The van der Waals surface area contributed by atoms with Gasteiger partial charge in [-0.05, 0) is 42.0 Å². The zero-order chi connectivity index (χ0) is 13.9. The molecule has 0 unspecified atom stereocenters. The second kappa shape index (κ2) is 5.56. The van der Waals surface area contributed by atoms with Gasteiger partial charge in [0.2, 0.25) is 0 Å². The summed E-state index contributed by atoms with van der Waals surface area (Å²) in [5, 5.41) is 10.6. The van der Waals surface area contributed by atoms with Gasteiger partial charge in [-0.2, -0.15) is 11.3 Å². The van der Waals surface area contributed by atoms with Gasteiger partial charge in [0.25, 0.3) is 5.91 Å². The molecule has 20 heavy (non-hydrogen) atoms. The number of amides is 1. The lowest BCUT2D eigenvalue weighted by Gasteiger charge is -2.00. The SMILES string of the molecule is Cc1nnsc1C(=O)NCc1ccc(-c2ccsc2)o1. The molecule has 3 rings (SSSR count). The van der Waals surface area contributed by atoms with Crippen LogP contribution in [0.3, 0.4) is 0 Å². The van der Waals surface area contributed by atoms with Crippen LogP contribution < -0.4 is 5.32 Å². The fourth-order valence-electron chi connectivity index (χ4n) is 1.72. The predicted molar refractivity (Wildman–Crippen MR) is 77.8 cm³/mol. The van der Waals surface area contributed by atoms with Crippen molar-refractivity contribution >= 4 is 28.8 Å². The van der Waals surface area contributed by atoms with Crippen LogP contribution in [0.5, 0.6) is 0 Å². The molecule has 0 bridgehead atoms. The Balaban J connectivity index is 1.65. The Labute approximate surface area is 123 Å². The normalized spacial score (nSPS) is 10.7. The van der Waals surface area contributed by atoms with E-state index in [0.717, 1.165) is 28.6 Å². The van der Waals surface area contributed by atoms with E-state index >= 15 is 0 Å². The van der Waals surface area contributed by atoms with Gasteiger partial charge in [0.05, 0.1) is 12.2 Å². The van der Waals surface area contributed by atoms with E-state index in [-0.39, 0.29) is 5.91 Å². The Bertz CT molecular complexity index is 716. The van der Waals surface area contributed by atoms with E-state index in [1.165, 1.54) is 0 Å². The molecule has 7 heteroatoms. The minimum Gasteiger partial charge on any atom is -0.459 e. The van der Waals surface area contributed by atoms with Crippen molar-refractivity contribution in [3.8, 4) is 11.3 Å². The van der Waals surface area contributed by atoms with Crippen LogP contribution in [0.4, 0.5) is 0 Å². The molecule has 0 radical (unpaired) electrons. The first kappa shape index (κ1) is 13.0. The summed E-state index contributed by atoms with van der Waals surface area (Å²) in [5.41, 5.74) is 1.70. The summed E-state index contributed by atoms with van der Waals surface area (Å²) in [5.74, 6) is 1.35. The van der Waals surface area contributed by atoms with Crippen LogP contribution in [0.25, 0.3) is 11.3 Å². The average molecular weight is 305 g/mol. The van der Waals surface area contributed by atoms with Crippen LogP contribution in [0, 0.1) is 6.92 Å². The molecule has 0 aromatic carbocycles. The molecule has 0 spiro atoms. The van der Waals surface area contributed by atoms with Crippen molar-refractivity contribution in [2.75, 3.05) is 0 Å². The molecular formula is C13H11N3O2S2. The van der Waals surface area contributed by atoms with E-state index in [1.807, 2.05) is 29.0 Å². The smallest absolute Gasteiger partial charge is 0.265 e. The largest absolute Gasteiger partial charge is 0.459 e. The van der Waals surface area contributed by atoms with Gasteiger partial charge in [0, 0.05) is 10.9 Å². The minimum absolute atomic E-state index is 0.175. The monoisotopic (exact) mass is 305 g/mol. The van der Waals surface area contributed by atoms with Crippen LogP contribution in [0.2, 0.25) is 0 Å². The lowest BCUT2D eigenvalue weighted by atomic mass is 10.3. The molecular weight excluding hydrogens is 294 g/mol. The third-order valence-electron chi connectivity index (χ3n) is 2.75. The van der Waals surface area contributed by atoms with E-state index in [4.69, 9.17) is 4.42 Å². The van der Waals surface area contributed by atoms with Crippen LogP contribution in [-0.4, -0.2) is 15.5 Å². The summed E-state index contributed by atoms with van der Waals surface area (Å²) in [4.78, 5) is 12.5. The third kappa shape index (κ3) is 2.63. The molecule has 3 aromatic rings. The van der Waals surface area contributed by atoms with Crippen LogP contribution in [-0.2, 0) is 6.54 Å². The van der Waals surface area contributed by atoms with Gasteiger partial charge in [-0.15, -0.1) is 5.10 Å². The zero-order valence-corrected chi connectivity index (χ0v) is 12.3. The molecule has 3 aromatic heterocycles. The highest BCUT2D eigenvalue weighted by molar-refractivity contribution is 7.08. The molecule has 0 aliphatic rings. The number of nitrogens with zero attached hydrogens (tertiary/aromatic N) is 2. The van der Waals surface area contributed by atoms with Gasteiger partial charge in [0.15, 0.2) is 0 Å². The Morgan fingerprint density at radius 1 is 1.40 bits per heavy atom. The van der Waals surface area contributed by atoms with Crippen LogP contribution >= 0.6 is 22.9 Å². The lowest BCUT2D eigenvalue weighted by molar-refractivity contribution is 0.0951. The number of carbonyl (C=O) groups excluding carboxylic acids is 1. The van der Waals surface area contributed by atoms with Gasteiger partial charge < -0.3 is 9.73 Å². The fraction of sp³-hybridized carbons (Fsp3) is 0.154. The maximum absolute atomic E-state index is 11.9. The first-order valence-electron chi connectivity index (χ1n) is 5.92. The molecule has 1 amide bonds. The number of aryl methyl sites for hydroxylation is 1. The molecule has 0 aliphatic carbocycles. The van der Waals surface area contributed by atoms with Gasteiger partial charge in [-0.1, -0.05) is 4.49 Å². The summed E-state index contributed by atoms with van der Waals surface area (Å²) in [6.07, 6.45) is 0. The lowest BCUT2D eigenvalue weighted by Crippen LogP contribution is -2.22. The summed E-state index contributed by atoms with van der Waals surface area (Å²) in [7, 11) is 0. The van der Waals surface area contributed by atoms with E-state index < -0.39 is 0 Å². The van der Waals surface area contributed by atoms with Crippen molar-refractivity contribution in [3.63, 3.8) is 0 Å². The molecule has 0 fully saturated rings. The second-order valence-corrected chi connectivity index (χ2v) is 5.68. The highest BCUT2D eigenvalue weighted by Crippen LogP contribution is 2.24. The standard InChI is InChI=1S/C13H11N3O2S2/c1-8-12(20-16-15-8)13(17)14-6-10-2-3-11(18-10)9-4-5-19-7-9/h2-5,7H,6H2,1H3,(H,14,17). The Hall–Kier alpha value is -1.99. The van der Waals surface area contributed by atoms with Gasteiger partial charge in [-0.25, -0.2) is 0 Å². The third-order valence-corrected chi connectivity index (χ3v) is 4.26. The topological polar surface area (TPSA) is 68.0 Å². The van der Waals surface area contributed by atoms with Crippen molar-refractivity contribution in [1.29, 1.82) is 0 Å². The fourth-order valence-corrected chi connectivity index (χ4v) is 2.94. The van der Waals surface area contributed by atoms with Crippen LogP contribution in [0.1, 0.15) is 21.1 Å². The molecule has 5 nitrogen and oxygen atoms in total. The molecule has 0 saturated carbocycles. The Morgan fingerprint density at radius 3 is 3.00 bits per heavy atom. The zero-order valence-electron chi connectivity index (χ0n) is 10.6. The van der Waals surface area contributed by atoms with Gasteiger partial charge in [0.1, 0.15) is 16.4 Å². The van der Waals surface area contributed by atoms with Gasteiger partial charge in [-0.3, -0.25) is 4.79 Å². The molecule has 0 atom stereocenters. The van der Waals surface area contributed by atoms with E-state index in [1.54, 1.807) is 18.3 Å². The number of hydrogen-bond acceptors (Lipinski definition) is 6. The first-order valence-corrected chi connectivity index (χ1v) is 7.64. The Morgan fingerprint density at radius 2 is 2.30 bits per heavy atom. The van der Waals surface area contributed by atoms with Crippen LogP contribution in [0.15, 0.2) is 33.4 Å². The molecule has 0 saturated heterocycles. The van der Waals surface area contributed by atoms with E-state index in [0.29, 0.717) is 17.1 Å². The summed E-state index contributed by atoms with van der Waals surface area (Å²) >= 11 is 2.71. The quantitative estimate of drug-likeness (QED) is 0.804. The van der Waals surface area contributed by atoms with Crippen molar-refractivity contribution in [1.82, 2.24) is 14.9 Å². The number of thiophene rings is 1. The maximum atomic E-state index is 11.9. The average Bonchev–Trinajstić information content (AvgIpc) is 3.16. The maximum Gasteiger partial charge on any atom is 0.265 e. The van der Waals surface area contributed by atoms with Crippen molar-refractivity contribution in [3.05, 3.63) is 45.3 Å². The van der Waals surface area contributed by atoms with Crippen molar-refractivity contribution < 1.29 is 9.21 Å². The Kier molecular flexibility index (Phi) is 3.62. The number of rotatable bonds is 4. The number of hydrogen-bond donors (Lipinski definition) is 1. The summed E-state index contributed by atoms with van der Waals surface area (Å²) in [6, 6.07) is 5.77. The molecule has 102 valence electrons. The number of carbonyl (C=O) groups is 1. The van der Waals surface area contributed by atoms with E-state index in [2.05, 4.69) is 14.9 Å². The minimum atomic E-state index is -0.175. The highest BCUT2D eigenvalue weighted by Gasteiger charge is 2.13. The van der Waals surface area contributed by atoms with Crippen molar-refractivity contribution in [2.24, 2.45) is 0 Å². The highest BCUT2D eigenvalue weighted by atomic mass is 32.1. The number of furan rings is 1. The molecule has 0 aliphatic heterocycles. The van der Waals surface area contributed by atoms with Gasteiger partial charge >= 0.3 is 0 Å². The second-order valence-electron chi connectivity index (χ2n) is 4.15. The predicted octanol–water partition coefficient (Wildman–Crippen LogP) is 3.10.